The van der Waals surface area contributed by atoms with Crippen molar-refractivity contribution in [3.63, 3.8) is 0 Å². The van der Waals surface area contributed by atoms with Crippen molar-refractivity contribution in [2.24, 2.45) is 0 Å². The Bertz CT molecular complexity index is 647. The summed E-state index contributed by atoms with van der Waals surface area (Å²) in [6.07, 6.45) is -5.84. The second-order valence-corrected chi connectivity index (χ2v) is 5.95. The molecule has 5 nitrogen and oxygen atoms in total. The van der Waals surface area contributed by atoms with Gasteiger partial charge in [0, 0.05) is 6.54 Å². The lowest BCUT2D eigenvalue weighted by molar-refractivity contribution is -0.155. The van der Waals surface area contributed by atoms with Gasteiger partial charge in [-0.1, -0.05) is 12.1 Å². The van der Waals surface area contributed by atoms with Crippen molar-refractivity contribution >= 4 is 11.9 Å². The van der Waals surface area contributed by atoms with E-state index in [0.29, 0.717) is 5.56 Å². The van der Waals surface area contributed by atoms with E-state index in [2.05, 4.69) is 0 Å². The molecule has 1 aliphatic rings. The highest BCUT2D eigenvalue weighted by molar-refractivity contribution is 5.83. The topological polar surface area (TPSA) is 66.8 Å². The Morgan fingerprint density at radius 3 is 2.48 bits per heavy atom. The minimum absolute atomic E-state index is 0.237. The zero-order valence-electron chi connectivity index (χ0n) is 13.9. The molecule has 2 rings (SSSR count). The van der Waals surface area contributed by atoms with E-state index in [4.69, 9.17) is 9.84 Å². The highest BCUT2D eigenvalue weighted by Crippen LogP contribution is 2.32. The fourth-order valence-corrected chi connectivity index (χ4v) is 2.96. The van der Waals surface area contributed by atoms with Crippen LogP contribution in [0.3, 0.4) is 0 Å². The largest absolute Gasteiger partial charge is 0.479 e. The van der Waals surface area contributed by atoms with Gasteiger partial charge in [-0.2, -0.15) is 13.2 Å². The van der Waals surface area contributed by atoms with E-state index >= 15 is 0 Å². The number of hydrogen-bond acceptors (Lipinski definition) is 3. The van der Waals surface area contributed by atoms with Crippen LogP contribution in [0, 0.1) is 0 Å². The summed E-state index contributed by atoms with van der Waals surface area (Å²) in [6, 6.07) is 4.25. The Morgan fingerprint density at radius 2 is 1.96 bits per heavy atom. The molecule has 0 saturated carbocycles. The van der Waals surface area contributed by atoms with Crippen LogP contribution >= 0.6 is 0 Å². The summed E-state index contributed by atoms with van der Waals surface area (Å²) < 4.78 is 43.9. The summed E-state index contributed by atoms with van der Waals surface area (Å²) in [7, 11) is 0. The first-order valence-corrected chi connectivity index (χ1v) is 8.01. The number of rotatable bonds is 5. The van der Waals surface area contributed by atoms with Crippen LogP contribution in [0.25, 0.3) is 0 Å². The first-order valence-electron chi connectivity index (χ1n) is 8.01. The van der Waals surface area contributed by atoms with Crippen molar-refractivity contribution in [3.8, 4) is 0 Å². The smallest absolute Gasteiger partial charge is 0.416 e. The number of carbonyl (C=O) groups excluding carboxylic acids is 1. The molecule has 1 aromatic rings. The summed E-state index contributed by atoms with van der Waals surface area (Å²) in [5, 5.41) is 8.95. The fraction of sp³-hybridized carbons (Fsp3) is 0.529. The van der Waals surface area contributed by atoms with Crippen molar-refractivity contribution in [1.82, 2.24) is 4.90 Å². The first-order chi connectivity index (χ1) is 11.6. The third-order valence-corrected chi connectivity index (χ3v) is 4.36. The zero-order chi connectivity index (χ0) is 18.8. The van der Waals surface area contributed by atoms with Crippen molar-refractivity contribution < 1.29 is 32.6 Å². The van der Waals surface area contributed by atoms with Crippen LogP contribution in [0.15, 0.2) is 24.3 Å². The van der Waals surface area contributed by atoms with Gasteiger partial charge in [0.1, 0.15) is 6.10 Å². The van der Waals surface area contributed by atoms with E-state index in [1.165, 1.54) is 17.0 Å². The van der Waals surface area contributed by atoms with E-state index in [-0.39, 0.29) is 19.4 Å². The van der Waals surface area contributed by atoms with Gasteiger partial charge in [0.25, 0.3) is 5.91 Å². The molecule has 0 aliphatic carbocycles. The molecule has 3 atom stereocenters. The Morgan fingerprint density at radius 1 is 1.32 bits per heavy atom. The lowest BCUT2D eigenvalue weighted by Gasteiger charge is -2.31. The van der Waals surface area contributed by atoms with Gasteiger partial charge in [0.15, 0.2) is 6.10 Å². The maximum atomic E-state index is 12.9. The van der Waals surface area contributed by atoms with Crippen LogP contribution in [0.5, 0.6) is 0 Å². The van der Waals surface area contributed by atoms with Crippen LogP contribution in [0.1, 0.15) is 43.9 Å². The SMILES string of the molecule is CCN(C(=O)[C@@H]1CC[C@H](C(=O)O)O1)C(C)c1cccc(C(F)(F)F)c1. The average Bonchev–Trinajstić information content (AvgIpc) is 3.05. The predicted octanol–water partition coefficient (Wildman–Crippen LogP) is 3.25. The normalized spacial score (nSPS) is 21.8. The summed E-state index contributed by atoms with van der Waals surface area (Å²) in [5.41, 5.74) is -0.416. The molecule has 1 aliphatic heterocycles. The number of alkyl halides is 3. The van der Waals surface area contributed by atoms with E-state index in [0.717, 1.165) is 12.1 Å². The second kappa shape index (κ2) is 7.43. The molecule has 25 heavy (non-hydrogen) atoms. The van der Waals surface area contributed by atoms with Gasteiger partial charge in [0.05, 0.1) is 11.6 Å². The van der Waals surface area contributed by atoms with Crippen molar-refractivity contribution in [3.05, 3.63) is 35.4 Å². The molecule has 0 aromatic heterocycles. The number of halogens is 3. The Labute approximate surface area is 143 Å². The number of nitrogens with zero attached hydrogens (tertiary/aromatic N) is 1. The number of carboxylic acids is 1. The molecular formula is C17H20F3NO4. The van der Waals surface area contributed by atoms with Gasteiger partial charge < -0.3 is 14.7 Å². The van der Waals surface area contributed by atoms with Crippen LogP contribution in [0.2, 0.25) is 0 Å². The maximum Gasteiger partial charge on any atom is 0.416 e. The Kier molecular flexibility index (Phi) is 5.72. The molecule has 0 bridgehead atoms. The molecule has 1 N–H and O–H groups in total. The number of carbonyl (C=O) groups is 2. The van der Waals surface area contributed by atoms with Crippen molar-refractivity contribution in [2.75, 3.05) is 6.54 Å². The lowest BCUT2D eigenvalue weighted by atomic mass is 10.0. The molecule has 1 heterocycles. The molecule has 1 unspecified atom stereocenters. The van der Waals surface area contributed by atoms with E-state index in [1.54, 1.807) is 13.8 Å². The highest BCUT2D eigenvalue weighted by Gasteiger charge is 2.38. The van der Waals surface area contributed by atoms with E-state index in [9.17, 15) is 22.8 Å². The van der Waals surface area contributed by atoms with Gasteiger partial charge >= 0.3 is 12.1 Å². The van der Waals surface area contributed by atoms with Crippen LogP contribution < -0.4 is 0 Å². The molecular weight excluding hydrogens is 339 g/mol. The summed E-state index contributed by atoms with van der Waals surface area (Å²) in [4.78, 5) is 25.0. The second-order valence-electron chi connectivity index (χ2n) is 5.95. The third-order valence-electron chi connectivity index (χ3n) is 4.36. The average molecular weight is 359 g/mol. The predicted molar refractivity (Wildman–Crippen MR) is 82.8 cm³/mol. The summed E-state index contributed by atoms with van der Waals surface area (Å²) >= 11 is 0. The minimum atomic E-state index is -4.46. The fourth-order valence-electron chi connectivity index (χ4n) is 2.96. The van der Waals surface area contributed by atoms with E-state index < -0.39 is 41.9 Å². The van der Waals surface area contributed by atoms with Gasteiger partial charge in [-0.05, 0) is 44.4 Å². The monoisotopic (exact) mass is 359 g/mol. The van der Waals surface area contributed by atoms with Crippen LogP contribution in [-0.4, -0.2) is 40.6 Å². The van der Waals surface area contributed by atoms with Crippen molar-refractivity contribution in [2.45, 2.75) is 51.1 Å². The minimum Gasteiger partial charge on any atom is -0.479 e. The molecule has 138 valence electrons. The molecule has 0 radical (unpaired) electrons. The standard InChI is InChI=1S/C17H20F3NO4/c1-3-21(15(22)13-7-8-14(25-13)16(23)24)10(2)11-5-4-6-12(9-11)17(18,19)20/h4-6,9-10,13-14H,3,7-8H2,1-2H3,(H,23,24)/t10?,13-,14+/m0/s1. The lowest BCUT2D eigenvalue weighted by Crippen LogP contribution is -2.41. The third kappa shape index (κ3) is 4.31. The van der Waals surface area contributed by atoms with Gasteiger partial charge in [-0.3, -0.25) is 4.79 Å². The molecule has 1 amide bonds. The highest BCUT2D eigenvalue weighted by atomic mass is 19.4. The number of aliphatic carboxylic acids is 1. The molecule has 8 heteroatoms. The Balaban J connectivity index is 2.17. The maximum absolute atomic E-state index is 12.9. The number of ether oxygens (including phenoxy) is 1. The molecule has 0 spiro atoms. The molecule has 1 aromatic carbocycles. The van der Waals surface area contributed by atoms with E-state index in [1.807, 2.05) is 0 Å². The quantitative estimate of drug-likeness (QED) is 0.876. The molecule has 1 fully saturated rings. The van der Waals surface area contributed by atoms with Crippen molar-refractivity contribution in [1.29, 1.82) is 0 Å². The number of carboxylic acid groups (broad SMARTS) is 1. The number of benzene rings is 1. The summed E-state index contributed by atoms with van der Waals surface area (Å²) in [6.45, 7) is 3.63. The van der Waals surface area contributed by atoms with Gasteiger partial charge in [-0.25, -0.2) is 4.79 Å². The summed E-state index contributed by atoms with van der Waals surface area (Å²) in [5.74, 6) is -1.53. The van der Waals surface area contributed by atoms with Crippen LogP contribution in [0.4, 0.5) is 13.2 Å². The Hall–Kier alpha value is -2.09. The number of amides is 1. The van der Waals surface area contributed by atoms with Crippen LogP contribution in [-0.2, 0) is 20.5 Å². The number of hydrogen-bond donors (Lipinski definition) is 1. The zero-order valence-corrected chi connectivity index (χ0v) is 13.9. The molecule has 1 saturated heterocycles. The van der Waals surface area contributed by atoms with Gasteiger partial charge in [-0.15, -0.1) is 0 Å². The first kappa shape index (κ1) is 19.2. The number of likely N-dealkylation sites (N-methyl/N-ethyl adjacent to an activating group) is 1. The van der Waals surface area contributed by atoms with Gasteiger partial charge in [0.2, 0.25) is 0 Å².